The first-order valence-corrected chi connectivity index (χ1v) is 6.91. The fraction of sp³-hybridized carbons (Fsp3) is 0.250. The first-order chi connectivity index (χ1) is 10.4. The third-order valence-corrected chi connectivity index (χ3v) is 2.79. The minimum Gasteiger partial charge on any atom is -0.492 e. The van der Waals surface area contributed by atoms with Crippen LogP contribution >= 0.6 is 24.0 Å². The van der Waals surface area contributed by atoms with Crippen molar-refractivity contribution in [2.75, 3.05) is 20.2 Å². The van der Waals surface area contributed by atoms with Gasteiger partial charge in [-0.2, -0.15) is 0 Å². The van der Waals surface area contributed by atoms with Gasteiger partial charge in [0.15, 0.2) is 5.96 Å². The van der Waals surface area contributed by atoms with Gasteiger partial charge in [-0.25, -0.2) is 0 Å². The van der Waals surface area contributed by atoms with E-state index >= 15 is 0 Å². The van der Waals surface area contributed by atoms with Crippen molar-refractivity contribution >= 4 is 29.9 Å². The molecule has 0 saturated heterocycles. The van der Waals surface area contributed by atoms with Crippen molar-refractivity contribution in [2.45, 2.75) is 6.54 Å². The Balaban J connectivity index is 0.00000242. The molecule has 0 aliphatic rings. The number of nitrogens with one attached hydrogen (secondary N) is 2. The van der Waals surface area contributed by atoms with Crippen LogP contribution in [-0.2, 0) is 6.54 Å². The number of guanidine groups is 1. The number of aromatic nitrogens is 1. The maximum atomic E-state index is 5.61. The van der Waals surface area contributed by atoms with E-state index in [1.54, 1.807) is 13.2 Å². The number of ether oxygens (including phenoxy) is 1. The highest BCUT2D eigenvalue weighted by Gasteiger charge is 1.98. The number of pyridine rings is 1. The average Bonchev–Trinajstić information content (AvgIpc) is 2.56. The second kappa shape index (κ2) is 10.8. The SMILES string of the molecule is CN=C(NCCOc1ccccc1)NCc1ccccn1.I. The second-order valence-corrected chi connectivity index (χ2v) is 4.34. The molecule has 0 spiro atoms. The highest BCUT2D eigenvalue weighted by Crippen LogP contribution is 2.07. The topological polar surface area (TPSA) is 58.5 Å². The van der Waals surface area contributed by atoms with Crippen LogP contribution in [0.1, 0.15) is 5.69 Å². The molecule has 2 rings (SSSR count). The van der Waals surface area contributed by atoms with Crippen LogP contribution in [0.5, 0.6) is 5.75 Å². The largest absolute Gasteiger partial charge is 0.492 e. The van der Waals surface area contributed by atoms with E-state index in [4.69, 9.17) is 4.74 Å². The van der Waals surface area contributed by atoms with Crippen LogP contribution in [0, 0.1) is 0 Å². The smallest absolute Gasteiger partial charge is 0.191 e. The molecule has 0 aliphatic heterocycles. The third kappa shape index (κ3) is 6.75. The molecule has 0 amide bonds. The van der Waals surface area contributed by atoms with Crippen LogP contribution in [0.4, 0.5) is 0 Å². The van der Waals surface area contributed by atoms with Crippen molar-refractivity contribution in [2.24, 2.45) is 4.99 Å². The van der Waals surface area contributed by atoms with Crippen LogP contribution in [0.3, 0.4) is 0 Å². The lowest BCUT2D eigenvalue weighted by atomic mass is 10.3. The van der Waals surface area contributed by atoms with Crippen molar-refractivity contribution < 1.29 is 4.74 Å². The first-order valence-electron chi connectivity index (χ1n) is 6.91. The molecule has 0 atom stereocenters. The molecule has 0 aliphatic carbocycles. The van der Waals surface area contributed by atoms with Gasteiger partial charge < -0.3 is 15.4 Å². The molecular weight excluding hydrogens is 391 g/mol. The Morgan fingerprint density at radius 1 is 1.09 bits per heavy atom. The maximum Gasteiger partial charge on any atom is 0.191 e. The van der Waals surface area contributed by atoms with Crippen molar-refractivity contribution in [1.29, 1.82) is 0 Å². The Morgan fingerprint density at radius 2 is 1.86 bits per heavy atom. The van der Waals surface area contributed by atoms with Gasteiger partial charge in [0, 0.05) is 13.2 Å². The average molecular weight is 412 g/mol. The van der Waals surface area contributed by atoms with Crippen molar-refractivity contribution in [1.82, 2.24) is 15.6 Å². The third-order valence-electron chi connectivity index (χ3n) is 2.79. The monoisotopic (exact) mass is 412 g/mol. The fourth-order valence-electron chi connectivity index (χ4n) is 1.75. The number of halogens is 1. The molecule has 5 nitrogen and oxygen atoms in total. The van der Waals surface area contributed by atoms with E-state index in [0.717, 1.165) is 17.4 Å². The number of aliphatic imine (C=N–C) groups is 1. The van der Waals surface area contributed by atoms with Gasteiger partial charge in [0.2, 0.25) is 0 Å². The Labute approximate surface area is 148 Å². The van der Waals surface area contributed by atoms with E-state index in [-0.39, 0.29) is 24.0 Å². The number of rotatable bonds is 6. The lowest BCUT2D eigenvalue weighted by Crippen LogP contribution is -2.39. The summed E-state index contributed by atoms with van der Waals surface area (Å²) < 4.78 is 5.61. The number of nitrogens with zero attached hydrogens (tertiary/aromatic N) is 2. The predicted molar refractivity (Wildman–Crippen MR) is 99.8 cm³/mol. The van der Waals surface area contributed by atoms with Crippen LogP contribution in [0.2, 0.25) is 0 Å². The fourth-order valence-corrected chi connectivity index (χ4v) is 1.75. The van der Waals surface area contributed by atoms with Gasteiger partial charge in [0.05, 0.1) is 18.8 Å². The summed E-state index contributed by atoms with van der Waals surface area (Å²) >= 11 is 0. The molecule has 6 heteroatoms. The summed E-state index contributed by atoms with van der Waals surface area (Å²) in [7, 11) is 1.74. The Morgan fingerprint density at radius 3 is 2.55 bits per heavy atom. The summed E-state index contributed by atoms with van der Waals surface area (Å²) in [6.45, 7) is 1.89. The zero-order chi connectivity index (χ0) is 14.8. The van der Waals surface area contributed by atoms with Crippen molar-refractivity contribution in [3.05, 3.63) is 60.4 Å². The van der Waals surface area contributed by atoms with Gasteiger partial charge in [0.25, 0.3) is 0 Å². The van der Waals surface area contributed by atoms with E-state index in [9.17, 15) is 0 Å². The Bertz CT molecular complexity index is 549. The van der Waals surface area contributed by atoms with Gasteiger partial charge in [-0.15, -0.1) is 24.0 Å². The summed E-state index contributed by atoms with van der Waals surface area (Å²) in [5.41, 5.74) is 0.973. The molecule has 0 unspecified atom stereocenters. The molecule has 1 heterocycles. The summed E-state index contributed by atoms with van der Waals surface area (Å²) in [5.74, 6) is 1.60. The molecule has 118 valence electrons. The van der Waals surface area contributed by atoms with E-state index in [2.05, 4.69) is 20.6 Å². The highest BCUT2D eigenvalue weighted by atomic mass is 127. The summed E-state index contributed by atoms with van der Waals surface area (Å²) in [6.07, 6.45) is 1.78. The first kappa shape index (κ1) is 18.2. The highest BCUT2D eigenvalue weighted by molar-refractivity contribution is 14.0. The molecule has 0 radical (unpaired) electrons. The Kier molecular flexibility index (Phi) is 8.97. The summed E-state index contributed by atoms with van der Waals surface area (Å²) in [5, 5.41) is 6.40. The number of hydrogen-bond acceptors (Lipinski definition) is 3. The maximum absolute atomic E-state index is 5.61. The van der Waals surface area contributed by atoms with Crippen LogP contribution in [-0.4, -0.2) is 31.1 Å². The van der Waals surface area contributed by atoms with Crippen molar-refractivity contribution in [3.8, 4) is 5.75 Å². The minimum atomic E-state index is 0. The molecular formula is C16H21IN4O. The minimum absolute atomic E-state index is 0. The van der Waals surface area contributed by atoms with E-state index < -0.39 is 0 Å². The van der Waals surface area contributed by atoms with E-state index in [1.165, 1.54) is 0 Å². The lowest BCUT2D eigenvalue weighted by Gasteiger charge is -2.12. The van der Waals surface area contributed by atoms with Gasteiger partial charge in [0.1, 0.15) is 12.4 Å². The van der Waals surface area contributed by atoms with Crippen LogP contribution < -0.4 is 15.4 Å². The van der Waals surface area contributed by atoms with Crippen molar-refractivity contribution in [3.63, 3.8) is 0 Å². The molecule has 2 aromatic rings. The van der Waals surface area contributed by atoms with Gasteiger partial charge in [-0.05, 0) is 24.3 Å². The number of hydrogen-bond donors (Lipinski definition) is 2. The van der Waals surface area contributed by atoms with Gasteiger partial charge in [-0.3, -0.25) is 9.98 Å². The summed E-state index contributed by atoms with van der Waals surface area (Å²) in [6, 6.07) is 15.6. The number of para-hydroxylation sites is 1. The van der Waals surface area contributed by atoms with Gasteiger partial charge >= 0.3 is 0 Å². The molecule has 1 aromatic carbocycles. The predicted octanol–water partition coefficient (Wildman–Crippen LogP) is 2.44. The molecule has 0 saturated carbocycles. The molecule has 1 aromatic heterocycles. The zero-order valence-corrected chi connectivity index (χ0v) is 14.9. The van der Waals surface area contributed by atoms with Crippen LogP contribution in [0.15, 0.2) is 59.7 Å². The van der Waals surface area contributed by atoms with Gasteiger partial charge in [-0.1, -0.05) is 24.3 Å². The molecule has 2 N–H and O–H groups in total. The van der Waals surface area contributed by atoms with Crippen LogP contribution in [0.25, 0.3) is 0 Å². The number of benzene rings is 1. The Hall–Kier alpha value is -1.83. The zero-order valence-electron chi connectivity index (χ0n) is 12.5. The lowest BCUT2D eigenvalue weighted by molar-refractivity contribution is 0.322. The molecule has 0 bridgehead atoms. The molecule has 22 heavy (non-hydrogen) atoms. The second-order valence-electron chi connectivity index (χ2n) is 4.34. The summed E-state index contributed by atoms with van der Waals surface area (Å²) in [4.78, 5) is 8.41. The normalized spacial score (nSPS) is 10.5. The van der Waals surface area contributed by atoms with E-state index in [1.807, 2.05) is 48.5 Å². The van der Waals surface area contributed by atoms with E-state index in [0.29, 0.717) is 19.7 Å². The quantitative estimate of drug-likeness (QED) is 0.331. The molecule has 0 fully saturated rings. The standard InChI is InChI=1S/C16H20N4O.HI/c1-17-16(20-13-14-7-5-6-10-18-14)19-11-12-21-15-8-3-2-4-9-15;/h2-10H,11-13H2,1H3,(H2,17,19,20);1H.